The number of carbonyl (C=O) groups excluding carboxylic acids is 5. The minimum Gasteiger partial charge on any atom is -0.394 e. The molecule has 0 aliphatic carbocycles. The van der Waals surface area contributed by atoms with Crippen LogP contribution >= 0.6 is 0 Å². The Bertz CT molecular complexity index is 1500. The zero-order valence-electron chi connectivity index (χ0n) is 42.5. The van der Waals surface area contributed by atoms with Gasteiger partial charge in [-0.3, -0.25) is 24.0 Å². The molecule has 5 amide bonds. The molecule has 3 rings (SSSR count). The van der Waals surface area contributed by atoms with Crippen molar-refractivity contribution in [1.29, 1.82) is 0 Å². The van der Waals surface area contributed by atoms with E-state index in [1.54, 1.807) is 20.8 Å². The van der Waals surface area contributed by atoms with E-state index in [-0.39, 0.29) is 105 Å². The van der Waals surface area contributed by atoms with Crippen molar-refractivity contribution >= 4 is 29.5 Å². The van der Waals surface area contributed by atoms with Gasteiger partial charge in [-0.2, -0.15) is 0 Å². The van der Waals surface area contributed by atoms with Crippen LogP contribution in [0.2, 0.25) is 0 Å². The van der Waals surface area contributed by atoms with Crippen molar-refractivity contribution in [3.63, 3.8) is 0 Å². The van der Waals surface area contributed by atoms with Crippen molar-refractivity contribution in [3.8, 4) is 0 Å². The molecule has 0 bridgehead atoms. The molecular weight excluding hydrogens is 995 g/mol. The second kappa shape index (κ2) is 34.4. The highest BCUT2D eigenvalue weighted by molar-refractivity contribution is 5.97. The Morgan fingerprint density at radius 1 is 0.459 bits per heavy atom. The van der Waals surface area contributed by atoms with Gasteiger partial charge < -0.3 is 120 Å². The van der Waals surface area contributed by atoms with Crippen molar-refractivity contribution in [3.05, 3.63) is 0 Å². The largest absolute Gasteiger partial charge is 0.394 e. The summed E-state index contributed by atoms with van der Waals surface area (Å²) < 4.78 is 56.0. The third kappa shape index (κ3) is 21.5. The first-order valence-electron chi connectivity index (χ1n) is 24.6. The number of carbonyl (C=O) groups is 5. The van der Waals surface area contributed by atoms with E-state index in [1.807, 2.05) is 0 Å². The predicted molar refractivity (Wildman–Crippen MR) is 249 cm³/mol. The second-order valence-electron chi connectivity index (χ2n) is 18.3. The number of methoxy groups -OCH3 is 1. The van der Waals surface area contributed by atoms with Gasteiger partial charge in [0.15, 0.2) is 18.9 Å². The molecule has 0 spiro atoms. The number of hydrogen-bond donors (Lipinski definition) is 14. The van der Waals surface area contributed by atoms with E-state index in [1.165, 1.54) is 7.11 Å². The fourth-order valence-corrected chi connectivity index (χ4v) is 7.83. The van der Waals surface area contributed by atoms with Crippen molar-refractivity contribution in [1.82, 2.24) is 26.6 Å². The lowest BCUT2D eigenvalue weighted by Gasteiger charge is -2.40. The summed E-state index contributed by atoms with van der Waals surface area (Å²) >= 11 is 0. The molecule has 29 nitrogen and oxygen atoms in total. The Morgan fingerprint density at radius 2 is 0.784 bits per heavy atom. The van der Waals surface area contributed by atoms with Gasteiger partial charge in [0.2, 0.25) is 29.5 Å². The van der Waals surface area contributed by atoms with Crippen LogP contribution in [-0.4, -0.2) is 268 Å². The number of aliphatic hydroxyl groups excluding tert-OH is 9. The smallest absolute Gasteiger partial charge is 0.231 e. The van der Waals surface area contributed by atoms with Gasteiger partial charge in [0.05, 0.1) is 97.6 Å². The minimum atomic E-state index is -1.58. The quantitative estimate of drug-likeness (QED) is 0.0159. The van der Waals surface area contributed by atoms with Crippen LogP contribution < -0.4 is 26.6 Å². The highest BCUT2D eigenvalue weighted by Gasteiger charge is 2.45. The van der Waals surface area contributed by atoms with Crippen molar-refractivity contribution in [2.24, 2.45) is 17.8 Å². The second-order valence-corrected chi connectivity index (χ2v) is 18.3. The fourth-order valence-electron chi connectivity index (χ4n) is 7.83. The summed E-state index contributed by atoms with van der Waals surface area (Å²) in [5, 5.41) is 103. The van der Waals surface area contributed by atoms with E-state index in [0.29, 0.717) is 0 Å². The van der Waals surface area contributed by atoms with Crippen molar-refractivity contribution in [2.45, 2.75) is 126 Å². The van der Waals surface area contributed by atoms with Gasteiger partial charge >= 0.3 is 0 Å². The number of rotatable bonds is 35. The Balaban J connectivity index is 1.59. The molecule has 14 N–H and O–H groups in total. The lowest BCUT2D eigenvalue weighted by Crippen LogP contribution is -2.59. The van der Waals surface area contributed by atoms with E-state index in [4.69, 9.17) is 47.4 Å². The van der Waals surface area contributed by atoms with Gasteiger partial charge in [-0.1, -0.05) is 20.8 Å². The van der Waals surface area contributed by atoms with E-state index < -0.39 is 153 Å². The van der Waals surface area contributed by atoms with E-state index in [0.717, 1.165) is 0 Å². The average molecular weight is 1080 g/mol. The fraction of sp³-hybridized carbons (Fsp3) is 0.889. The number of nitrogens with one attached hydrogen (secondary N) is 5. The lowest BCUT2D eigenvalue weighted by atomic mass is 9.92. The Labute approximate surface area is 429 Å². The lowest BCUT2D eigenvalue weighted by molar-refractivity contribution is -0.281. The predicted octanol–water partition coefficient (Wildman–Crippen LogP) is -7.20. The molecule has 3 aliphatic rings. The summed E-state index contributed by atoms with van der Waals surface area (Å²) in [6.07, 6.45) is -14.8. The molecule has 0 aromatic heterocycles. The zero-order chi connectivity index (χ0) is 54.8. The van der Waals surface area contributed by atoms with Crippen LogP contribution in [-0.2, 0) is 71.3 Å². The summed E-state index contributed by atoms with van der Waals surface area (Å²) in [5.41, 5.74) is -1.58. The first kappa shape index (κ1) is 64.9. The molecule has 0 radical (unpaired) electrons. The van der Waals surface area contributed by atoms with Gasteiger partial charge in [-0.25, -0.2) is 0 Å². The highest BCUT2D eigenvalue weighted by Crippen LogP contribution is 2.29. The van der Waals surface area contributed by atoms with Gasteiger partial charge in [0.25, 0.3) is 0 Å². The average Bonchev–Trinajstić information content (AvgIpc) is 3.38. The molecule has 29 heteroatoms. The molecule has 15 atom stereocenters. The molecule has 3 saturated heterocycles. The van der Waals surface area contributed by atoms with Crippen LogP contribution in [0.3, 0.4) is 0 Å². The number of aliphatic hydroxyl groups is 9. The van der Waals surface area contributed by atoms with Crippen molar-refractivity contribution in [2.75, 3.05) is 113 Å². The molecule has 0 saturated carbocycles. The molecule has 3 fully saturated rings. The van der Waals surface area contributed by atoms with Crippen LogP contribution in [0.4, 0.5) is 0 Å². The third-order valence-electron chi connectivity index (χ3n) is 12.4. The zero-order valence-corrected chi connectivity index (χ0v) is 42.5. The van der Waals surface area contributed by atoms with Crippen LogP contribution in [0.5, 0.6) is 0 Å². The van der Waals surface area contributed by atoms with Crippen LogP contribution in [0, 0.1) is 17.8 Å². The van der Waals surface area contributed by atoms with Gasteiger partial charge in [0.1, 0.15) is 55.3 Å². The maximum absolute atomic E-state index is 13.4. The summed E-state index contributed by atoms with van der Waals surface area (Å²) in [4.78, 5) is 64.2. The summed E-state index contributed by atoms with van der Waals surface area (Å²) in [6.45, 7) is 1.20. The number of amides is 5. The Kier molecular flexibility index (Phi) is 30.1. The van der Waals surface area contributed by atoms with Crippen molar-refractivity contribution < 1.29 is 117 Å². The first-order chi connectivity index (χ1) is 35.3. The number of hydrogen-bond acceptors (Lipinski definition) is 24. The van der Waals surface area contributed by atoms with Gasteiger partial charge in [-0.05, 0) is 0 Å². The monoisotopic (exact) mass is 1080 g/mol. The van der Waals surface area contributed by atoms with Crippen LogP contribution in [0.15, 0.2) is 0 Å². The van der Waals surface area contributed by atoms with Crippen LogP contribution in [0.1, 0.15) is 46.5 Å². The molecular formula is C45H81N5O24. The summed E-state index contributed by atoms with van der Waals surface area (Å²) in [6, 6.07) is 0. The SMILES string of the molecule is COCNC(=O)CC(=O)NC(COCCC(=O)NCCO[C@@H]1OC(CO)[C@H](O)[C@H](O)C1C)(COCCC(=O)NCCO[C@@H]1OC(CO)[C@H](O)[C@H](O)C1C)COCCC(=O)NCCO[C@@H]1OC(CO)[C@H](O)[C@H](O)C1C. The third-order valence-corrected chi connectivity index (χ3v) is 12.4. The van der Waals surface area contributed by atoms with Gasteiger partial charge in [-0.15, -0.1) is 0 Å². The standard InChI is InChI=1S/C45H81N5O24/c1-25-36(59)39(62)28(18-51)72-42(25)69-14-8-46-31(54)5-11-66-21-45(50-35(58)17-34(57)49-24-65-4,22-67-12-6-32(55)47-9-15-70-43-26(2)37(60)40(63)29(19-52)73-43)23-68-13-7-33(56)48-10-16-71-44-27(3)38(61)41(64)30(20-53)74-44/h25-30,36-44,51-53,59-64H,5-24H2,1-4H3,(H,46,54)(H,47,55)(H,48,56)(H,49,57)(H,50,58)/t25?,26?,27?,28?,29?,30?,36-,37-,38-,39+,40+,41+,42-,43-,44-,45?/m1/s1. The molecule has 3 aliphatic heterocycles. The highest BCUT2D eigenvalue weighted by atomic mass is 16.7. The van der Waals surface area contributed by atoms with E-state index in [2.05, 4.69) is 26.6 Å². The Hall–Kier alpha value is -3.41. The summed E-state index contributed by atoms with van der Waals surface area (Å²) in [7, 11) is 1.34. The maximum Gasteiger partial charge on any atom is 0.231 e. The van der Waals surface area contributed by atoms with Gasteiger partial charge in [0, 0.05) is 63.8 Å². The molecule has 0 aromatic rings. The molecule has 430 valence electrons. The maximum atomic E-state index is 13.4. The minimum absolute atomic E-state index is 0.0184. The molecule has 0 aromatic carbocycles. The normalized spacial score (nSPS) is 31.0. The number of ether oxygens (including phenoxy) is 10. The van der Waals surface area contributed by atoms with E-state index >= 15 is 0 Å². The molecule has 3 heterocycles. The van der Waals surface area contributed by atoms with E-state index in [9.17, 15) is 69.9 Å². The topological polar surface area (TPSA) is 420 Å². The summed E-state index contributed by atoms with van der Waals surface area (Å²) in [5.74, 6) is -4.77. The Morgan fingerprint density at radius 3 is 1.08 bits per heavy atom. The molecule has 74 heavy (non-hydrogen) atoms. The first-order valence-corrected chi connectivity index (χ1v) is 24.6. The van der Waals surface area contributed by atoms with Crippen LogP contribution in [0.25, 0.3) is 0 Å². The molecule has 6 unspecified atom stereocenters.